The van der Waals surface area contributed by atoms with E-state index in [1.807, 2.05) is 26.0 Å². The Morgan fingerprint density at radius 3 is 2.75 bits per heavy atom. The molecule has 0 radical (unpaired) electrons. The summed E-state index contributed by atoms with van der Waals surface area (Å²) in [5, 5.41) is 12.2. The average molecular weight is 271 g/mol. The van der Waals surface area contributed by atoms with Crippen molar-refractivity contribution in [1.82, 2.24) is 10.3 Å². The Morgan fingerprint density at radius 2 is 2.15 bits per heavy atom. The number of rotatable bonds is 5. The lowest BCUT2D eigenvalue weighted by Gasteiger charge is -2.06. The molecular weight excluding hydrogens is 254 g/mol. The lowest BCUT2D eigenvalue weighted by molar-refractivity contribution is 0.412. The first-order valence-electron chi connectivity index (χ1n) is 6.34. The Bertz CT molecular complexity index is 622. The molecule has 0 saturated carbocycles. The zero-order chi connectivity index (χ0) is 14.5. The number of hydrogen-bond acceptors (Lipinski definition) is 5. The fourth-order valence-corrected chi connectivity index (χ4v) is 1.87. The van der Waals surface area contributed by atoms with Crippen LogP contribution in [0.5, 0.6) is 5.75 Å². The van der Waals surface area contributed by atoms with Crippen molar-refractivity contribution in [3.8, 4) is 11.8 Å². The molecule has 1 N–H and O–H groups in total. The highest BCUT2D eigenvalue weighted by molar-refractivity contribution is 5.45. The van der Waals surface area contributed by atoms with Crippen LogP contribution < -0.4 is 10.1 Å². The van der Waals surface area contributed by atoms with Crippen LogP contribution in [0.25, 0.3) is 0 Å². The summed E-state index contributed by atoms with van der Waals surface area (Å²) in [7, 11) is 1.56. The van der Waals surface area contributed by atoms with Crippen molar-refractivity contribution in [2.75, 3.05) is 7.11 Å². The number of aromatic nitrogens is 1. The van der Waals surface area contributed by atoms with Gasteiger partial charge in [0.15, 0.2) is 0 Å². The molecule has 5 heteroatoms. The summed E-state index contributed by atoms with van der Waals surface area (Å²) >= 11 is 0. The molecule has 1 aromatic heterocycles. The van der Waals surface area contributed by atoms with Crippen molar-refractivity contribution in [3.05, 3.63) is 46.7 Å². The van der Waals surface area contributed by atoms with Gasteiger partial charge in [0.2, 0.25) is 5.89 Å². The maximum Gasteiger partial charge on any atom is 0.208 e. The number of hydrogen-bond donors (Lipinski definition) is 1. The maximum absolute atomic E-state index is 8.93. The van der Waals surface area contributed by atoms with E-state index < -0.39 is 0 Å². The van der Waals surface area contributed by atoms with Gasteiger partial charge in [-0.25, -0.2) is 4.98 Å². The highest BCUT2D eigenvalue weighted by Crippen LogP contribution is 2.19. The summed E-state index contributed by atoms with van der Waals surface area (Å²) in [5.41, 5.74) is 2.50. The predicted octanol–water partition coefficient (Wildman–Crippen LogP) is 2.46. The van der Waals surface area contributed by atoms with Crippen LogP contribution in [0.4, 0.5) is 0 Å². The first-order chi connectivity index (χ1) is 9.63. The summed E-state index contributed by atoms with van der Waals surface area (Å²) in [4.78, 5) is 4.31. The van der Waals surface area contributed by atoms with E-state index in [1.54, 1.807) is 13.2 Å². The molecule has 2 rings (SSSR count). The van der Waals surface area contributed by atoms with Gasteiger partial charge in [-0.2, -0.15) is 5.26 Å². The third-order valence-electron chi connectivity index (χ3n) is 3.06. The van der Waals surface area contributed by atoms with Gasteiger partial charge in [0.25, 0.3) is 0 Å². The number of ether oxygens (including phenoxy) is 1. The molecule has 0 aliphatic rings. The Hall–Kier alpha value is -2.32. The van der Waals surface area contributed by atoms with Gasteiger partial charge >= 0.3 is 0 Å². The van der Waals surface area contributed by atoms with E-state index in [0.717, 1.165) is 17.0 Å². The van der Waals surface area contributed by atoms with Gasteiger partial charge in [-0.05, 0) is 31.5 Å². The number of aryl methyl sites for hydroxylation is 2. The molecule has 0 saturated heterocycles. The SMILES string of the molecule is COc1cc(CNCc2nc(C)c(C)o2)ccc1C#N. The van der Waals surface area contributed by atoms with Crippen molar-refractivity contribution < 1.29 is 9.15 Å². The van der Waals surface area contributed by atoms with Gasteiger partial charge in [0.05, 0.1) is 24.9 Å². The number of benzene rings is 1. The molecule has 0 aliphatic heterocycles. The van der Waals surface area contributed by atoms with E-state index in [2.05, 4.69) is 16.4 Å². The fraction of sp³-hybridized carbons (Fsp3) is 0.333. The molecule has 0 bridgehead atoms. The molecule has 0 amide bonds. The average Bonchev–Trinajstić information content (AvgIpc) is 2.77. The number of oxazole rings is 1. The number of nitrogens with zero attached hydrogens (tertiary/aromatic N) is 2. The summed E-state index contributed by atoms with van der Waals surface area (Å²) in [5.74, 6) is 2.12. The summed E-state index contributed by atoms with van der Waals surface area (Å²) in [6, 6.07) is 7.62. The van der Waals surface area contributed by atoms with Gasteiger partial charge in [-0.1, -0.05) is 6.07 Å². The summed E-state index contributed by atoms with van der Waals surface area (Å²) < 4.78 is 10.7. The van der Waals surface area contributed by atoms with Gasteiger partial charge in [0.1, 0.15) is 17.6 Å². The topological polar surface area (TPSA) is 71.1 Å². The smallest absolute Gasteiger partial charge is 0.208 e. The van der Waals surface area contributed by atoms with Crippen LogP contribution in [-0.2, 0) is 13.1 Å². The zero-order valence-electron chi connectivity index (χ0n) is 11.9. The van der Waals surface area contributed by atoms with Crippen molar-refractivity contribution in [2.24, 2.45) is 0 Å². The normalized spacial score (nSPS) is 10.3. The van der Waals surface area contributed by atoms with Gasteiger partial charge in [-0.3, -0.25) is 0 Å². The maximum atomic E-state index is 8.93. The van der Waals surface area contributed by atoms with Gasteiger partial charge in [0, 0.05) is 6.54 Å². The first kappa shape index (κ1) is 14.1. The Balaban J connectivity index is 1.96. The Kier molecular flexibility index (Phi) is 4.38. The van der Waals surface area contributed by atoms with Gasteiger partial charge < -0.3 is 14.5 Å². The van der Waals surface area contributed by atoms with E-state index >= 15 is 0 Å². The van der Waals surface area contributed by atoms with Crippen LogP contribution in [-0.4, -0.2) is 12.1 Å². The highest BCUT2D eigenvalue weighted by atomic mass is 16.5. The molecular formula is C15H17N3O2. The van der Waals surface area contributed by atoms with Crippen LogP contribution >= 0.6 is 0 Å². The third-order valence-corrected chi connectivity index (χ3v) is 3.06. The van der Waals surface area contributed by atoms with E-state index in [9.17, 15) is 0 Å². The Labute approximate surface area is 118 Å². The fourth-order valence-electron chi connectivity index (χ4n) is 1.87. The minimum absolute atomic E-state index is 0.537. The predicted molar refractivity (Wildman–Crippen MR) is 74.2 cm³/mol. The second-order valence-electron chi connectivity index (χ2n) is 4.50. The van der Waals surface area contributed by atoms with E-state index in [1.165, 1.54) is 0 Å². The van der Waals surface area contributed by atoms with Crippen molar-refractivity contribution >= 4 is 0 Å². The van der Waals surface area contributed by atoms with Crippen molar-refractivity contribution in [3.63, 3.8) is 0 Å². The quantitative estimate of drug-likeness (QED) is 0.904. The van der Waals surface area contributed by atoms with E-state index in [0.29, 0.717) is 30.3 Å². The molecule has 2 aromatic rings. The van der Waals surface area contributed by atoms with E-state index in [4.69, 9.17) is 14.4 Å². The molecule has 0 atom stereocenters. The number of nitriles is 1. The number of methoxy groups -OCH3 is 1. The molecule has 0 spiro atoms. The van der Waals surface area contributed by atoms with Crippen LogP contribution in [0, 0.1) is 25.2 Å². The molecule has 0 unspecified atom stereocenters. The molecule has 1 heterocycles. The van der Waals surface area contributed by atoms with Crippen LogP contribution in [0.1, 0.15) is 28.5 Å². The first-order valence-corrected chi connectivity index (χ1v) is 6.34. The lowest BCUT2D eigenvalue weighted by Crippen LogP contribution is -2.13. The monoisotopic (exact) mass is 271 g/mol. The molecule has 5 nitrogen and oxygen atoms in total. The second-order valence-corrected chi connectivity index (χ2v) is 4.50. The van der Waals surface area contributed by atoms with Crippen LogP contribution in [0.2, 0.25) is 0 Å². The Morgan fingerprint density at radius 1 is 1.35 bits per heavy atom. The minimum atomic E-state index is 0.537. The van der Waals surface area contributed by atoms with Crippen LogP contribution in [0.3, 0.4) is 0 Å². The molecule has 20 heavy (non-hydrogen) atoms. The molecule has 104 valence electrons. The van der Waals surface area contributed by atoms with Gasteiger partial charge in [-0.15, -0.1) is 0 Å². The highest BCUT2D eigenvalue weighted by Gasteiger charge is 2.06. The standard InChI is InChI=1S/C15H17N3O2/c1-10-11(2)20-15(18-10)9-17-8-12-4-5-13(7-16)14(6-12)19-3/h4-6,17H,8-9H2,1-3H3. The third kappa shape index (κ3) is 3.16. The van der Waals surface area contributed by atoms with Crippen molar-refractivity contribution in [1.29, 1.82) is 5.26 Å². The second kappa shape index (κ2) is 6.22. The zero-order valence-corrected chi connectivity index (χ0v) is 11.9. The minimum Gasteiger partial charge on any atom is -0.495 e. The van der Waals surface area contributed by atoms with Crippen molar-refractivity contribution in [2.45, 2.75) is 26.9 Å². The number of nitrogens with one attached hydrogen (secondary N) is 1. The molecule has 1 aromatic carbocycles. The molecule has 0 fully saturated rings. The molecule has 0 aliphatic carbocycles. The van der Waals surface area contributed by atoms with E-state index in [-0.39, 0.29) is 0 Å². The van der Waals surface area contributed by atoms with Crippen LogP contribution in [0.15, 0.2) is 22.6 Å². The largest absolute Gasteiger partial charge is 0.495 e. The summed E-state index contributed by atoms with van der Waals surface area (Å²) in [6.45, 7) is 5.05. The lowest BCUT2D eigenvalue weighted by atomic mass is 10.1. The summed E-state index contributed by atoms with van der Waals surface area (Å²) in [6.07, 6.45) is 0.